The van der Waals surface area contributed by atoms with Gasteiger partial charge in [0.15, 0.2) is 11.5 Å². The van der Waals surface area contributed by atoms with E-state index in [2.05, 4.69) is 34.2 Å². The smallest absolute Gasteiger partial charge is 0.419 e. The second kappa shape index (κ2) is 10.1. The fourth-order valence-corrected chi connectivity index (χ4v) is 4.19. The van der Waals surface area contributed by atoms with Gasteiger partial charge in [0, 0.05) is 29.1 Å². The van der Waals surface area contributed by atoms with Crippen LogP contribution in [0.1, 0.15) is 49.7 Å². The summed E-state index contributed by atoms with van der Waals surface area (Å²) >= 11 is 0. The molecule has 1 fully saturated rings. The SMILES string of the molecule is COc1cc2nc(C)nc(N[C@H](C)c3cccc(C(F)(F)F)c3F)c2cc1OC[C@@H](C)N(C)C1CC1. The van der Waals surface area contributed by atoms with Crippen LogP contribution in [0.4, 0.5) is 23.4 Å². The van der Waals surface area contributed by atoms with E-state index >= 15 is 0 Å². The number of methoxy groups -OCH3 is 1. The van der Waals surface area contributed by atoms with E-state index in [9.17, 15) is 17.6 Å². The Morgan fingerprint density at radius 2 is 1.86 bits per heavy atom. The molecule has 1 N–H and O–H groups in total. The third kappa shape index (κ3) is 5.48. The number of benzene rings is 2. The highest BCUT2D eigenvalue weighted by molar-refractivity contribution is 5.92. The number of likely N-dealkylation sites (N-methyl/N-ethyl adjacent to an activating group) is 1. The number of fused-ring (bicyclic) bond motifs is 1. The minimum Gasteiger partial charge on any atom is -0.493 e. The van der Waals surface area contributed by atoms with Crippen molar-refractivity contribution in [3.8, 4) is 11.5 Å². The van der Waals surface area contributed by atoms with Crippen LogP contribution in [0.3, 0.4) is 0 Å². The van der Waals surface area contributed by atoms with Gasteiger partial charge in [-0.05, 0) is 52.8 Å². The van der Waals surface area contributed by atoms with Gasteiger partial charge in [-0.3, -0.25) is 4.90 Å². The molecule has 3 aromatic rings. The molecule has 6 nitrogen and oxygen atoms in total. The first-order chi connectivity index (χ1) is 17.0. The third-order valence-electron chi connectivity index (χ3n) is 6.54. The van der Waals surface area contributed by atoms with Gasteiger partial charge >= 0.3 is 6.18 Å². The van der Waals surface area contributed by atoms with Crippen LogP contribution in [0.5, 0.6) is 11.5 Å². The average molecular weight is 507 g/mol. The summed E-state index contributed by atoms with van der Waals surface area (Å²) in [7, 11) is 3.62. The van der Waals surface area contributed by atoms with E-state index in [1.807, 2.05) is 0 Å². The molecule has 0 radical (unpaired) electrons. The number of hydrogen-bond donors (Lipinski definition) is 1. The van der Waals surface area contributed by atoms with E-state index in [1.54, 1.807) is 33.1 Å². The molecule has 0 bridgehead atoms. The molecule has 1 aliphatic rings. The molecular formula is C26H30F4N4O2. The zero-order valence-corrected chi connectivity index (χ0v) is 20.9. The van der Waals surface area contributed by atoms with Crippen LogP contribution in [0, 0.1) is 12.7 Å². The Labute approximate surface area is 207 Å². The molecule has 4 rings (SSSR count). The van der Waals surface area contributed by atoms with Crippen molar-refractivity contribution in [2.75, 3.05) is 26.1 Å². The number of alkyl halides is 3. The number of anilines is 1. The van der Waals surface area contributed by atoms with Crippen molar-refractivity contribution in [1.82, 2.24) is 14.9 Å². The molecule has 0 aliphatic heterocycles. The number of rotatable bonds is 9. The van der Waals surface area contributed by atoms with Crippen LogP contribution in [0.15, 0.2) is 30.3 Å². The number of ether oxygens (including phenoxy) is 2. The molecule has 1 aliphatic carbocycles. The number of halogens is 4. The van der Waals surface area contributed by atoms with Gasteiger partial charge in [-0.15, -0.1) is 0 Å². The lowest BCUT2D eigenvalue weighted by atomic mass is 10.0. The molecule has 1 saturated carbocycles. The van der Waals surface area contributed by atoms with Gasteiger partial charge < -0.3 is 14.8 Å². The predicted molar refractivity (Wildman–Crippen MR) is 130 cm³/mol. The summed E-state index contributed by atoms with van der Waals surface area (Å²) in [5.74, 6) is 0.494. The molecule has 0 saturated heterocycles. The number of aryl methyl sites for hydroxylation is 1. The molecule has 0 unspecified atom stereocenters. The van der Waals surface area contributed by atoms with E-state index in [1.165, 1.54) is 25.0 Å². The second-order valence-corrected chi connectivity index (χ2v) is 9.27. The first-order valence-corrected chi connectivity index (χ1v) is 11.8. The van der Waals surface area contributed by atoms with Crippen LogP contribution in [0.2, 0.25) is 0 Å². The maximum atomic E-state index is 14.7. The summed E-state index contributed by atoms with van der Waals surface area (Å²) in [6.07, 6.45) is -2.40. The van der Waals surface area contributed by atoms with Crippen molar-refractivity contribution in [1.29, 1.82) is 0 Å². The molecule has 36 heavy (non-hydrogen) atoms. The van der Waals surface area contributed by atoms with Gasteiger partial charge in [0.25, 0.3) is 0 Å². The Kier molecular flexibility index (Phi) is 7.26. The normalized spacial score (nSPS) is 15.7. The van der Waals surface area contributed by atoms with Crippen molar-refractivity contribution in [2.24, 2.45) is 0 Å². The Bertz CT molecular complexity index is 1250. The topological polar surface area (TPSA) is 59.5 Å². The number of nitrogens with one attached hydrogen (secondary N) is 1. The Hall–Kier alpha value is -3.14. The quantitative estimate of drug-likeness (QED) is 0.352. The molecule has 1 aromatic heterocycles. The highest BCUT2D eigenvalue weighted by atomic mass is 19.4. The van der Waals surface area contributed by atoms with Crippen LogP contribution in [0.25, 0.3) is 10.9 Å². The minimum absolute atomic E-state index is 0.115. The Morgan fingerprint density at radius 1 is 1.14 bits per heavy atom. The molecule has 2 aromatic carbocycles. The molecule has 0 amide bonds. The summed E-state index contributed by atoms with van der Waals surface area (Å²) in [6.45, 7) is 5.82. The molecular weight excluding hydrogens is 476 g/mol. The number of hydrogen-bond acceptors (Lipinski definition) is 6. The summed E-state index contributed by atoms with van der Waals surface area (Å²) in [5, 5.41) is 3.65. The second-order valence-electron chi connectivity index (χ2n) is 9.27. The van der Waals surface area contributed by atoms with Crippen molar-refractivity contribution >= 4 is 16.7 Å². The summed E-state index contributed by atoms with van der Waals surface area (Å²) in [4.78, 5) is 11.2. The fraction of sp³-hybridized carbons (Fsp3) is 0.462. The van der Waals surface area contributed by atoms with Crippen LogP contribution >= 0.6 is 0 Å². The maximum Gasteiger partial charge on any atom is 0.419 e. The zero-order valence-electron chi connectivity index (χ0n) is 20.9. The number of aromatic nitrogens is 2. The Morgan fingerprint density at radius 3 is 2.50 bits per heavy atom. The van der Waals surface area contributed by atoms with Gasteiger partial charge in [0.2, 0.25) is 0 Å². The first kappa shape index (κ1) is 25.9. The van der Waals surface area contributed by atoms with E-state index in [0.717, 1.165) is 6.07 Å². The van der Waals surface area contributed by atoms with Gasteiger partial charge in [-0.1, -0.05) is 12.1 Å². The van der Waals surface area contributed by atoms with E-state index < -0.39 is 23.6 Å². The van der Waals surface area contributed by atoms with Gasteiger partial charge in [-0.2, -0.15) is 13.2 Å². The maximum absolute atomic E-state index is 14.7. The van der Waals surface area contributed by atoms with E-state index in [4.69, 9.17) is 9.47 Å². The first-order valence-electron chi connectivity index (χ1n) is 11.8. The van der Waals surface area contributed by atoms with E-state index in [0.29, 0.717) is 46.7 Å². The summed E-state index contributed by atoms with van der Waals surface area (Å²) in [5.41, 5.74) is -0.853. The van der Waals surface area contributed by atoms with Crippen molar-refractivity contribution < 1.29 is 27.0 Å². The average Bonchev–Trinajstić information content (AvgIpc) is 3.66. The highest BCUT2D eigenvalue weighted by Gasteiger charge is 2.35. The van der Waals surface area contributed by atoms with Gasteiger partial charge in [0.05, 0.1) is 24.2 Å². The van der Waals surface area contributed by atoms with Crippen LogP contribution < -0.4 is 14.8 Å². The summed E-state index contributed by atoms with van der Waals surface area (Å²) < 4.78 is 66.0. The molecule has 10 heteroatoms. The lowest BCUT2D eigenvalue weighted by molar-refractivity contribution is -0.140. The lowest BCUT2D eigenvalue weighted by Crippen LogP contribution is -2.35. The standard InChI is InChI=1S/C26H30F4N4O2/c1-14(34(4)17-9-10-17)13-36-23-11-19-21(12-22(23)35-5)32-16(3)33-25(19)31-15(2)18-7-6-8-20(24(18)27)26(28,29)30/h6-8,11-12,14-15,17H,9-10,13H2,1-5H3,(H,31,32,33)/t14-,15-/m1/s1. The Balaban J connectivity index is 1.65. The van der Waals surface area contributed by atoms with Crippen molar-refractivity contribution in [3.63, 3.8) is 0 Å². The molecule has 1 heterocycles. The molecule has 0 spiro atoms. The molecule has 194 valence electrons. The van der Waals surface area contributed by atoms with Gasteiger partial charge in [-0.25, -0.2) is 14.4 Å². The third-order valence-corrected chi connectivity index (χ3v) is 6.54. The summed E-state index contributed by atoms with van der Waals surface area (Å²) in [6, 6.07) is 6.70. The lowest BCUT2D eigenvalue weighted by Gasteiger charge is -2.25. The largest absolute Gasteiger partial charge is 0.493 e. The van der Waals surface area contributed by atoms with Crippen molar-refractivity contribution in [2.45, 2.75) is 57.9 Å². The number of nitrogens with zero attached hydrogens (tertiary/aromatic N) is 3. The molecule has 2 atom stereocenters. The van der Waals surface area contributed by atoms with Gasteiger partial charge in [0.1, 0.15) is 24.1 Å². The zero-order chi connectivity index (χ0) is 26.2. The van der Waals surface area contributed by atoms with Crippen LogP contribution in [-0.4, -0.2) is 47.7 Å². The van der Waals surface area contributed by atoms with Crippen LogP contribution in [-0.2, 0) is 6.18 Å². The van der Waals surface area contributed by atoms with Crippen molar-refractivity contribution in [3.05, 3.63) is 53.1 Å². The highest BCUT2D eigenvalue weighted by Crippen LogP contribution is 2.37. The van der Waals surface area contributed by atoms with E-state index in [-0.39, 0.29) is 11.6 Å². The monoisotopic (exact) mass is 506 g/mol. The fourth-order valence-electron chi connectivity index (χ4n) is 4.19. The minimum atomic E-state index is -4.79. The predicted octanol–water partition coefficient (Wildman–Crippen LogP) is 6.14.